The second-order valence-corrected chi connectivity index (χ2v) is 21.2. The van der Waals surface area contributed by atoms with Gasteiger partial charge in [-0.05, 0) is 101 Å². The monoisotopic (exact) mass is 1260 g/mol. The number of unbranched alkanes of at least 4 members (excludes halogenated alkanes) is 2. The predicted molar refractivity (Wildman–Crippen MR) is 321 cm³/mol. The zero-order chi connectivity index (χ0) is 63.1. The summed E-state index contributed by atoms with van der Waals surface area (Å²) >= 11 is 9.67. The number of hydrogen-bond acceptors (Lipinski definition) is 15. The van der Waals surface area contributed by atoms with Crippen LogP contribution in [0.1, 0.15) is 116 Å². The number of alkyl halides is 1. The van der Waals surface area contributed by atoms with Crippen LogP contribution in [0.4, 0.5) is 21.0 Å². The van der Waals surface area contributed by atoms with Gasteiger partial charge in [0.2, 0.25) is 30.0 Å². The van der Waals surface area contributed by atoms with Gasteiger partial charge in [-0.1, -0.05) is 84.2 Å². The number of nitrogens with two attached hydrogens (primary N) is 1. The van der Waals surface area contributed by atoms with Crippen molar-refractivity contribution in [3.63, 3.8) is 0 Å². The van der Waals surface area contributed by atoms with Gasteiger partial charge in [-0.25, -0.2) is 19.2 Å². The number of likely N-dealkylation sites (N-methyl/N-ethyl adjacent to an activating group) is 1. The Morgan fingerprint density at radius 3 is 2.38 bits per heavy atom. The zero-order valence-corrected chi connectivity index (χ0v) is 51.5. The molecule has 4 bridgehead atoms. The largest absolute Gasteiger partial charge is 0.506 e. The molecule has 3 unspecified atom stereocenters. The van der Waals surface area contributed by atoms with Crippen molar-refractivity contribution in [2.24, 2.45) is 5.73 Å². The highest BCUT2D eigenvalue weighted by Crippen LogP contribution is 2.38. The summed E-state index contributed by atoms with van der Waals surface area (Å²) in [4.78, 5) is 107. The van der Waals surface area contributed by atoms with Gasteiger partial charge in [0.1, 0.15) is 40.4 Å². The minimum atomic E-state index is -1.37. The standard InChI is InChI=1S/C25H36BrN5O7.C25H31ClN2O6.C5H9NO3.C3H8/c1-16-9-10-18(20(32)13-16)31-23(35)19(7-6-11-28-25(27)37)30-22(34)15-29-21(33)8-4-3-5-12-38-24(36)17(2)14-26;1-15-6-4-5-9-25(31)14-17(33-24(30)27-25)13-20-19(34-20)7-8-22(29)28(2)18-11-16(10-15)12-21(32-3)23(18)26;1-4(5(8)9)6(2)3-7;1-3-2/h9-10,13,19,32H,2-8,11-12,14-15H2,1H3,(H,29,33)(H,30,34)(H,31,35)(H3,27,28,37);4-6,11-12,17,19-20,31H,7-10,13-14H2,1-3H3,(H,27,30);3-4H,1-2H3,(H,8,9);3H2,1-2H3/b;5-4+,15-6+;;/t;17?,19?,20-,25+;4-;/m.00./s1. The Morgan fingerprint density at radius 2 is 1.76 bits per heavy atom. The number of hydrogen-bond donors (Lipinski definition) is 9. The van der Waals surface area contributed by atoms with Gasteiger partial charge in [0.25, 0.3) is 0 Å². The van der Waals surface area contributed by atoms with Crippen LogP contribution >= 0.6 is 27.5 Å². The first-order valence-corrected chi connectivity index (χ1v) is 29.0. The molecule has 84 heavy (non-hydrogen) atoms. The normalized spacial score (nSPS) is 19.7. The van der Waals surface area contributed by atoms with Gasteiger partial charge in [0, 0.05) is 63.6 Å². The number of carboxylic acid groups (broad SMARTS) is 1. The number of amides is 8. The van der Waals surface area contributed by atoms with Crippen molar-refractivity contribution in [3.05, 3.63) is 82.4 Å². The summed E-state index contributed by atoms with van der Waals surface area (Å²) in [6.45, 7) is 13.1. The number of aliphatic carboxylic acids is 1. The smallest absolute Gasteiger partial charge is 0.409 e. The van der Waals surface area contributed by atoms with Crippen LogP contribution in [0.3, 0.4) is 0 Å². The number of carbonyl (C=O) groups excluding carboxylic acids is 8. The fourth-order valence-corrected chi connectivity index (χ4v) is 8.54. The number of halogens is 2. The van der Waals surface area contributed by atoms with Crippen molar-refractivity contribution >= 4 is 93.0 Å². The molecule has 5 rings (SSSR count). The fraction of sp³-hybridized carbons (Fsp3) is 0.534. The fourth-order valence-electron chi connectivity index (χ4n) is 8.00. The highest BCUT2D eigenvalue weighted by Gasteiger charge is 2.45. The van der Waals surface area contributed by atoms with E-state index in [2.05, 4.69) is 62.9 Å². The first-order chi connectivity index (χ1) is 39.7. The number of phenols is 1. The molecular formula is C58H84BrClN8O16. The van der Waals surface area contributed by atoms with Crippen LogP contribution < -0.4 is 42.0 Å². The molecule has 0 aromatic heterocycles. The number of primary amides is 1. The molecule has 0 saturated carbocycles. The number of rotatable bonds is 21. The Hall–Kier alpha value is -7.22. The number of carbonyl (C=O) groups is 9. The highest BCUT2D eigenvalue weighted by atomic mass is 79.9. The van der Waals surface area contributed by atoms with Crippen molar-refractivity contribution in [2.45, 2.75) is 154 Å². The number of aryl methyl sites for hydroxylation is 1. The molecule has 3 aliphatic heterocycles. The van der Waals surface area contributed by atoms with Crippen LogP contribution in [-0.2, 0) is 54.2 Å². The molecule has 3 heterocycles. The van der Waals surface area contributed by atoms with Crippen molar-refractivity contribution in [1.82, 2.24) is 26.2 Å². The number of fused-ring (bicyclic) bond motifs is 5. The van der Waals surface area contributed by atoms with Crippen LogP contribution in [0, 0.1) is 6.92 Å². The van der Waals surface area contributed by atoms with E-state index in [1.807, 2.05) is 37.3 Å². The van der Waals surface area contributed by atoms with E-state index in [-0.39, 0.29) is 80.8 Å². The summed E-state index contributed by atoms with van der Waals surface area (Å²) in [5.41, 5.74) is 7.62. The van der Waals surface area contributed by atoms with E-state index >= 15 is 0 Å². The van der Waals surface area contributed by atoms with Crippen LogP contribution in [0.15, 0.2) is 66.3 Å². The second kappa shape index (κ2) is 37.9. The lowest BCUT2D eigenvalue weighted by Crippen LogP contribution is -2.56. The third-order valence-corrected chi connectivity index (χ3v) is 13.9. The Bertz CT molecular complexity index is 2640. The van der Waals surface area contributed by atoms with Gasteiger partial charge in [0.05, 0.1) is 43.8 Å². The van der Waals surface area contributed by atoms with Crippen molar-refractivity contribution in [1.29, 1.82) is 0 Å². The van der Waals surface area contributed by atoms with Gasteiger partial charge in [0.15, 0.2) is 0 Å². The first-order valence-electron chi connectivity index (χ1n) is 27.5. The third kappa shape index (κ3) is 27.4. The maximum absolute atomic E-state index is 12.9. The van der Waals surface area contributed by atoms with E-state index in [4.69, 9.17) is 41.4 Å². The van der Waals surface area contributed by atoms with Crippen molar-refractivity contribution in [2.75, 3.05) is 56.4 Å². The number of anilines is 2. The molecule has 0 spiro atoms. The molecule has 26 heteroatoms. The lowest BCUT2D eigenvalue weighted by Gasteiger charge is -2.36. The highest BCUT2D eigenvalue weighted by molar-refractivity contribution is 9.09. The van der Waals surface area contributed by atoms with E-state index in [1.54, 1.807) is 38.1 Å². The first kappa shape index (κ1) is 72.9. The average molecular weight is 1260 g/mol. The van der Waals surface area contributed by atoms with Crippen LogP contribution in [0.2, 0.25) is 5.02 Å². The molecular weight excluding hydrogens is 1180 g/mol. The van der Waals surface area contributed by atoms with Gasteiger partial charge >= 0.3 is 24.1 Å². The number of ether oxygens (including phenoxy) is 4. The lowest BCUT2D eigenvalue weighted by atomic mass is 9.96. The number of epoxide rings is 1. The molecule has 6 atom stereocenters. The topological polar surface area (TPSA) is 347 Å². The van der Waals surface area contributed by atoms with Gasteiger partial charge in [-0.3, -0.25) is 29.3 Å². The number of alkyl carbamates (subject to hydrolysis) is 1. The molecule has 0 radical (unpaired) electrons. The Kier molecular flexibility index (Phi) is 32.9. The Morgan fingerprint density at radius 1 is 1.06 bits per heavy atom. The summed E-state index contributed by atoms with van der Waals surface area (Å²) in [5, 5.41) is 42.6. The second-order valence-electron chi connectivity index (χ2n) is 20.3. The Balaban J connectivity index is 0.000000481. The molecule has 3 aliphatic rings. The van der Waals surface area contributed by atoms with Gasteiger partial charge < -0.3 is 71.1 Å². The average Bonchev–Trinajstić information content (AvgIpc) is 4.37. The number of carboxylic acids is 1. The molecule has 2 aromatic rings. The maximum atomic E-state index is 12.9. The molecule has 2 fully saturated rings. The quantitative estimate of drug-likeness (QED) is 0.0121. The van der Waals surface area contributed by atoms with Crippen molar-refractivity contribution < 1.29 is 77.4 Å². The van der Waals surface area contributed by atoms with E-state index in [9.17, 15) is 53.4 Å². The number of allylic oxidation sites excluding steroid dienone is 3. The number of aliphatic hydroxyl groups is 1. The minimum Gasteiger partial charge on any atom is -0.506 e. The molecule has 2 aromatic carbocycles. The predicted octanol–water partition coefficient (Wildman–Crippen LogP) is 6.59. The molecule has 8 amide bonds. The van der Waals surface area contributed by atoms with Crippen LogP contribution in [0.25, 0.3) is 0 Å². The number of nitrogens with one attached hydrogen (secondary N) is 5. The molecule has 2 saturated heterocycles. The van der Waals surface area contributed by atoms with E-state index in [0.29, 0.717) is 85.1 Å². The van der Waals surface area contributed by atoms with Gasteiger partial charge in [-0.2, -0.15) is 0 Å². The minimum absolute atomic E-state index is 0.0777. The van der Waals surface area contributed by atoms with Gasteiger partial charge in [-0.15, -0.1) is 0 Å². The summed E-state index contributed by atoms with van der Waals surface area (Å²) < 4.78 is 21.6. The molecule has 466 valence electrons. The molecule has 24 nitrogen and oxygen atoms in total. The summed E-state index contributed by atoms with van der Waals surface area (Å²) in [7, 11) is 4.69. The number of methoxy groups -OCH3 is 1. The molecule has 0 aliphatic carbocycles. The summed E-state index contributed by atoms with van der Waals surface area (Å²) in [6, 6.07) is 6.10. The SMILES string of the molecule is C=C(CBr)C(=O)OCCCCCC(=O)NCC(=O)NC(CCCNC(N)=O)C(=O)Nc1ccc(C)cc1O.CCC.COc1cc2cc(c1Cl)N(C)C(=O)CCC1O[C@H]1CC1C[C@](O)(C/C=C/C=C(\C)C2)NC(=O)O1.C[C@@H](C(=O)O)N(C)C=O. The number of nitrogens with zero attached hydrogens (tertiary/aromatic N) is 2. The lowest BCUT2D eigenvalue weighted by molar-refractivity contribution is -0.144. The van der Waals surface area contributed by atoms with Crippen LogP contribution in [-0.4, -0.2) is 157 Å². The van der Waals surface area contributed by atoms with Crippen LogP contribution in [0.5, 0.6) is 11.5 Å². The van der Waals surface area contributed by atoms with Crippen molar-refractivity contribution in [3.8, 4) is 11.5 Å². The summed E-state index contributed by atoms with van der Waals surface area (Å²) in [5.74, 6) is -2.61. The number of benzene rings is 2. The number of aromatic hydroxyl groups is 1. The number of urea groups is 1. The molecule has 10 N–H and O–H groups in total. The summed E-state index contributed by atoms with van der Waals surface area (Å²) in [6.07, 6.45) is 11.1. The maximum Gasteiger partial charge on any atom is 0.409 e. The van der Waals surface area contributed by atoms with E-state index in [1.165, 1.54) is 26.5 Å². The van der Waals surface area contributed by atoms with E-state index < -0.39 is 59.8 Å². The third-order valence-electron chi connectivity index (χ3n) is 12.8. The number of phenolic OH excluding ortho intramolecular Hbond substituents is 1. The number of esters is 1. The van der Waals surface area contributed by atoms with E-state index in [0.717, 1.165) is 21.6 Å². The zero-order valence-electron chi connectivity index (χ0n) is 49.2. The Labute approximate surface area is 504 Å².